The van der Waals surface area contributed by atoms with Gasteiger partial charge in [-0.2, -0.15) is 0 Å². The smallest absolute Gasteiger partial charge is 0.249 e. The average Bonchev–Trinajstić information content (AvgIpc) is 2.65. The molecule has 0 aromatic heterocycles. The fraction of sp³-hybridized carbons (Fsp3) is 0.600. The lowest BCUT2D eigenvalue weighted by molar-refractivity contribution is -0.133. The molecule has 142 valence electrons. The number of rotatable bonds is 5. The Kier molecular flexibility index (Phi) is 6.20. The number of hydrogen-bond donors (Lipinski definition) is 2. The number of imide groups is 1. The van der Waals surface area contributed by atoms with Gasteiger partial charge in [0.05, 0.1) is 10.7 Å². The third-order valence-corrected chi connectivity index (χ3v) is 6.09. The highest BCUT2D eigenvalue weighted by atomic mass is 35.5. The van der Waals surface area contributed by atoms with Crippen LogP contribution in [0, 0.1) is 0 Å². The summed E-state index contributed by atoms with van der Waals surface area (Å²) in [6.07, 6.45) is 4.35. The number of piperidine rings is 2. The van der Waals surface area contributed by atoms with E-state index in [9.17, 15) is 9.59 Å². The first-order valence-corrected chi connectivity index (χ1v) is 9.99. The van der Waals surface area contributed by atoms with Crippen molar-refractivity contribution in [3.05, 3.63) is 28.8 Å². The van der Waals surface area contributed by atoms with E-state index in [0.717, 1.165) is 31.6 Å². The Bertz CT molecular complexity index is 671. The summed E-state index contributed by atoms with van der Waals surface area (Å²) in [6.45, 7) is 6.80. The highest BCUT2D eigenvalue weighted by Gasteiger charge is 2.27. The maximum Gasteiger partial charge on any atom is 0.249 e. The molecule has 2 saturated heterocycles. The number of likely N-dealkylation sites (tertiary alicyclic amines) is 1. The van der Waals surface area contributed by atoms with Crippen LogP contribution in [0.4, 0.5) is 5.69 Å². The molecule has 1 aromatic rings. The largest absolute Gasteiger partial charge is 0.372 e. The summed E-state index contributed by atoms with van der Waals surface area (Å²) in [5, 5.41) is 6.17. The van der Waals surface area contributed by atoms with E-state index in [1.54, 1.807) is 0 Å². The molecule has 6 heteroatoms. The summed E-state index contributed by atoms with van der Waals surface area (Å²) in [4.78, 5) is 25.7. The van der Waals surface area contributed by atoms with E-state index in [1.807, 2.05) is 12.1 Å². The molecule has 2 amide bonds. The maximum absolute atomic E-state index is 11.9. The molecule has 2 aliphatic heterocycles. The minimum Gasteiger partial charge on any atom is -0.372 e. The van der Waals surface area contributed by atoms with Crippen LogP contribution in [-0.2, 0) is 9.59 Å². The highest BCUT2D eigenvalue weighted by Crippen LogP contribution is 2.33. The monoisotopic (exact) mass is 377 g/mol. The minimum absolute atomic E-state index is 0.210. The van der Waals surface area contributed by atoms with Crippen molar-refractivity contribution in [2.24, 2.45) is 0 Å². The zero-order valence-corrected chi connectivity index (χ0v) is 16.3. The second kappa shape index (κ2) is 8.40. The van der Waals surface area contributed by atoms with E-state index < -0.39 is 6.04 Å². The second-order valence-electron chi connectivity index (χ2n) is 7.45. The number of anilines is 1. The molecule has 0 spiro atoms. The molecule has 2 N–H and O–H groups in total. The Morgan fingerprint density at radius 2 is 2.00 bits per heavy atom. The zero-order chi connectivity index (χ0) is 18.7. The fourth-order valence-corrected chi connectivity index (χ4v) is 4.10. The number of halogens is 1. The zero-order valence-electron chi connectivity index (χ0n) is 15.6. The molecular formula is C20H28ClN3O2. The van der Waals surface area contributed by atoms with Crippen LogP contribution in [0.1, 0.15) is 57.4 Å². The Labute approximate surface area is 160 Å². The van der Waals surface area contributed by atoms with Crippen molar-refractivity contribution in [1.29, 1.82) is 0 Å². The van der Waals surface area contributed by atoms with Gasteiger partial charge in [0, 0.05) is 12.5 Å². The molecule has 2 fully saturated rings. The number of amides is 2. The number of benzene rings is 1. The van der Waals surface area contributed by atoms with Gasteiger partial charge < -0.3 is 10.2 Å². The number of nitrogens with one attached hydrogen (secondary N) is 2. The van der Waals surface area contributed by atoms with Gasteiger partial charge >= 0.3 is 0 Å². The van der Waals surface area contributed by atoms with Gasteiger partial charge in [-0.3, -0.25) is 14.9 Å². The summed E-state index contributed by atoms with van der Waals surface area (Å²) in [5.74, 6) is 0.0505. The first kappa shape index (κ1) is 19.2. The molecule has 2 unspecified atom stereocenters. The quantitative estimate of drug-likeness (QED) is 0.770. The van der Waals surface area contributed by atoms with Crippen LogP contribution in [0.25, 0.3) is 0 Å². The normalized spacial score (nSPS) is 23.6. The van der Waals surface area contributed by atoms with E-state index in [1.165, 1.54) is 12.0 Å². The van der Waals surface area contributed by atoms with Gasteiger partial charge in [-0.25, -0.2) is 0 Å². The van der Waals surface area contributed by atoms with Gasteiger partial charge in [-0.15, -0.1) is 0 Å². The molecule has 5 nitrogen and oxygen atoms in total. The van der Waals surface area contributed by atoms with Crippen LogP contribution in [0.2, 0.25) is 5.02 Å². The number of carbonyl (C=O) groups excluding carboxylic acids is 2. The van der Waals surface area contributed by atoms with Gasteiger partial charge in [0.1, 0.15) is 6.04 Å². The predicted octanol–water partition coefficient (Wildman–Crippen LogP) is 3.54. The summed E-state index contributed by atoms with van der Waals surface area (Å²) in [7, 11) is 0. The van der Waals surface area contributed by atoms with Crippen LogP contribution >= 0.6 is 11.6 Å². The standard InChI is InChI=1S/C20H28ClN3O2/c1-3-13(2)24-10-8-14(9-11-24)15-4-5-17(16(21)12-15)22-18-6-7-19(25)23-20(18)26/h4-5,12-14,18,22H,3,6-11H2,1-2H3,(H,23,25,26). The van der Waals surface area contributed by atoms with Crippen molar-refractivity contribution in [1.82, 2.24) is 10.2 Å². The fourth-order valence-electron chi connectivity index (χ4n) is 3.85. The van der Waals surface area contributed by atoms with Crippen molar-refractivity contribution < 1.29 is 9.59 Å². The van der Waals surface area contributed by atoms with Crippen LogP contribution in [0.3, 0.4) is 0 Å². The molecule has 0 saturated carbocycles. The second-order valence-corrected chi connectivity index (χ2v) is 7.86. The molecule has 2 heterocycles. The van der Waals surface area contributed by atoms with Gasteiger partial charge in [0.2, 0.25) is 11.8 Å². The Morgan fingerprint density at radius 3 is 2.62 bits per heavy atom. The number of hydrogen-bond acceptors (Lipinski definition) is 4. The van der Waals surface area contributed by atoms with Crippen molar-refractivity contribution in [3.63, 3.8) is 0 Å². The van der Waals surface area contributed by atoms with Crippen molar-refractivity contribution in [2.45, 2.75) is 64.0 Å². The molecule has 2 atom stereocenters. The Morgan fingerprint density at radius 1 is 1.27 bits per heavy atom. The predicted molar refractivity (Wildman–Crippen MR) is 105 cm³/mol. The molecule has 1 aromatic carbocycles. The van der Waals surface area contributed by atoms with Crippen LogP contribution < -0.4 is 10.6 Å². The van der Waals surface area contributed by atoms with E-state index >= 15 is 0 Å². The number of nitrogens with zero attached hydrogens (tertiary/aromatic N) is 1. The first-order chi connectivity index (χ1) is 12.5. The van der Waals surface area contributed by atoms with Crippen molar-refractivity contribution in [3.8, 4) is 0 Å². The third-order valence-electron chi connectivity index (χ3n) is 5.78. The van der Waals surface area contributed by atoms with Crippen LogP contribution in [0.15, 0.2) is 18.2 Å². The van der Waals surface area contributed by atoms with Crippen molar-refractivity contribution in [2.75, 3.05) is 18.4 Å². The van der Waals surface area contributed by atoms with E-state index in [4.69, 9.17) is 11.6 Å². The molecule has 0 radical (unpaired) electrons. The van der Waals surface area contributed by atoms with Crippen LogP contribution in [0.5, 0.6) is 0 Å². The summed E-state index contributed by atoms with van der Waals surface area (Å²) in [5.41, 5.74) is 2.02. The Balaban J connectivity index is 1.61. The molecule has 2 aliphatic rings. The average molecular weight is 378 g/mol. The highest BCUT2D eigenvalue weighted by molar-refractivity contribution is 6.33. The minimum atomic E-state index is -0.408. The van der Waals surface area contributed by atoms with Crippen molar-refractivity contribution >= 4 is 29.1 Å². The lowest BCUT2D eigenvalue weighted by Gasteiger charge is -2.36. The van der Waals surface area contributed by atoms with Gasteiger partial charge in [-0.05, 0) is 69.3 Å². The van der Waals surface area contributed by atoms with E-state index in [-0.39, 0.29) is 11.8 Å². The van der Waals surface area contributed by atoms with Crippen LogP contribution in [-0.4, -0.2) is 41.9 Å². The summed E-state index contributed by atoms with van der Waals surface area (Å²) < 4.78 is 0. The molecule has 3 rings (SSSR count). The third kappa shape index (κ3) is 4.38. The molecule has 0 bridgehead atoms. The van der Waals surface area contributed by atoms with Gasteiger partial charge in [0.25, 0.3) is 0 Å². The molecular weight excluding hydrogens is 350 g/mol. The topological polar surface area (TPSA) is 61.4 Å². The van der Waals surface area contributed by atoms with E-state index in [2.05, 4.69) is 35.4 Å². The van der Waals surface area contributed by atoms with Gasteiger partial charge in [0.15, 0.2) is 0 Å². The van der Waals surface area contributed by atoms with Gasteiger partial charge in [-0.1, -0.05) is 24.6 Å². The van der Waals surface area contributed by atoms with E-state index in [0.29, 0.717) is 29.8 Å². The molecule has 26 heavy (non-hydrogen) atoms. The number of carbonyl (C=O) groups is 2. The lowest BCUT2D eigenvalue weighted by Crippen LogP contribution is -2.47. The summed E-state index contributed by atoms with van der Waals surface area (Å²) in [6, 6.07) is 6.35. The SMILES string of the molecule is CCC(C)N1CCC(c2ccc(NC3CCC(=O)NC3=O)c(Cl)c2)CC1. The first-order valence-electron chi connectivity index (χ1n) is 9.61. The maximum atomic E-state index is 11.9. The molecule has 0 aliphatic carbocycles. The lowest BCUT2D eigenvalue weighted by atomic mass is 9.88. The summed E-state index contributed by atoms with van der Waals surface area (Å²) >= 11 is 6.47. The Hall–Kier alpha value is -1.59.